The highest BCUT2D eigenvalue weighted by atomic mass is 79.9. The number of hydrogen-bond acceptors (Lipinski definition) is 20. The number of carbonyl (C=O) groups is 4. The minimum Gasteiger partial charge on any atom is -0.488 e. The summed E-state index contributed by atoms with van der Waals surface area (Å²) in [6, 6.07) is 52.7. The second-order valence-corrected chi connectivity index (χ2v) is 26.4. The molecule has 20 nitrogen and oxygen atoms in total. The van der Waals surface area contributed by atoms with Gasteiger partial charge in [-0.3, -0.25) is 9.59 Å². The maximum Gasteiger partial charge on any atom is 0.488 e. The van der Waals surface area contributed by atoms with E-state index in [0.717, 1.165) is 89.1 Å². The van der Waals surface area contributed by atoms with Crippen LogP contribution >= 0.6 is 38.6 Å². The second-order valence-electron chi connectivity index (χ2n) is 22.9. The van der Waals surface area contributed by atoms with Crippen molar-refractivity contribution in [3.63, 3.8) is 0 Å². The highest BCUT2D eigenvalue weighted by molar-refractivity contribution is 9.11. The number of rotatable bonds is 26. The molecule has 6 aromatic carbocycles. The minimum atomic E-state index is -1.40. The van der Waals surface area contributed by atoms with E-state index in [2.05, 4.69) is 55.5 Å². The molecule has 24 heteroatoms. The van der Waals surface area contributed by atoms with Crippen molar-refractivity contribution >= 4 is 75.2 Å². The van der Waals surface area contributed by atoms with Crippen LogP contribution in [0.1, 0.15) is 126 Å². The van der Waals surface area contributed by atoms with Crippen LogP contribution in [0.3, 0.4) is 0 Å². The first kappa shape index (κ1) is 77.2. The van der Waals surface area contributed by atoms with E-state index in [9.17, 15) is 19.2 Å². The molecule has 6 heterocycles. The lowest BCUT2D eigenvalue weighted by Crippen LogP contribution is -2.40. The van der Waals surface area contributed by atoms with E-state index in [1.54, 1.807) is 46.9 Å². The maximum atomic E-state index is 13.6. The third kappa shape index (κ3) is 21.4. The van der Waals surface area contributed by atoms with Crippen LogP contribution in [0.2, 0.25) is 0 Å². The van der Waals surface area contributed by atoms with Crippen LogP contribution in [0.15, 0.2) is 195 Å². The van der Waals surface area contributed by atoms with Gasteiger partial charge in [0, 0.05) is 55.6 Å². The first-order chi connectivity index (χ1) is 46.7. The summed E-state index contributed by atoms with van der Waals surface area (Å²) in [5.41, 5.74) is 10.7. The molecule has 12 rings (SSSR count). The summed E-state index contributed by atoms with van der Waals surface area (Å²) in [6.45, 7) is 5.44. The third-order valence-electron chi connectivity index (χ3n) is 16.3. The fourth-order valence-corrected chi connectivity index (χ4v) is 13.6. The number of halogens is 1. The Bertz CT molecular complexity index is 4070. The summed E-state index contributed by atoms with van der Waals surface area (Å²) in [4.78, 5) is 65.8. The Labute approximate surface area is 594 Å². The number of aromatic nitrogens is 4. The Morgan fingerprint density at radius 3 is 1.38 bits per heavy atom. The van der Waals surface area contributed by atoms with E-state index in [1.165, 1.54) is 27.9 Å². The number of cyclic esters (lactones) is 2. The van der Waals surface area contributed by atoms with E-state index in [0.29, 0.717) is 54.4 Å². The summed E-state index contributed by atoms with van der Waals surface area (Å²) in [7, 11) is -1.40. The van der Waals surface area contributed by atoms with Crippen LogP contribution in [-0.2, 0) is 58.0 Å². The maximum absolute atomic E-state index is 13.6. The molecule has 0 aliphatic carbocycles. The third-order valence-corrected chi connectivity index (χ3v) is 19.0. The molecule has 99 heavy (non-hydrogen) atoms. The topological polar surface area (TPSA) is 270 Å². The van der Waals surface area contributed by atoms with Crippen molar-refractivity contribution in [2.24, 2.45) is 0 Å². The first-order valence-corrected chi connectivity index (χ1v) is 33.8. The Kier molecular flexibility index (Phi) is 29.9. The zero-order valence-corrected chi connectivity index (χ0v) is 56.1. The summed E-state index contributed by atoms with van der Waals surface area (Å²) in [6.07, 6.45) is 6.01. The molecule has 10 aromatic rings. The number of thiazole rings is 2. The van der Waals surface area contributed by atoms with Gasteiger partial charge >= 0.3 is 19.3 Å². The molecule has 4 aromatic heterocycles. The highest BCUT2D eigenvalue weighted by Crippen LogP contribution is 2.35. The zero-order chi connectivity index (χ0) is 67.3. The summed E-state index contributed by atoms with van der Waals surface area (Å²) < 4.78 is 33.6. The second kappa shape index (κ2) is 38.3. The van der Waals surface area contributed by atoms with Crippen molar-refractivity contribution < 1.29 is 67.4 Å². The monoisotopic (exact) mass is 1450 g/mol. The summed E-state index contributed by atoms with van der Waals surface area (Å²) in [5.74, 6) is -0.0826. The fourth-order valence-electron chi connectivity index (χ4n) is 11.1. The lowest BCUT2D eigenvalue weighted by Gasteiger charge is -2.22. The lowest BCUT2D eigenvalue weighted by atomic mass is 9.80. The number of imide groups is 2. The van der Waals surface area contributed by atoms with E-state index < -0.39 is 31.1 Å². The van der Waals surface area contributed by atoms with Gasteiger partial charge in [-0.05, 0) is 131 Å². The van der Waals surface area contributed by atoms with Crippen molar-refractivity contribution in [1.82, 2.24) is 30.1 Å². The van der Waals surface area contributed by atoms with E-state index >= 15 is 0 Å². The molecule has 4 amide bonds. The Morgan fingerprint density at radius 1 is 0.566 bits per heavy atom. The molecule has 4 atom stereocenters. The molecule has 2 aliphatic rings. The quantitative estimate of drug-likeness (QED) is 0.0367. The Balaban J connectivity index is 0.000000233. The van der Waals surface area contributed by atoms with Crippen molar-refractivity contribution in [3.05, 3.63) is 252 Å². The fraction of sp³-hybridized carbons (Fsp3) is 0.307. The van der Waals surface area contributed by atoms with Crippen LogP contribution < -0.4 is 14.9 Å². The van der Waals surface area contributed by atoms with Crippen LogP contribution in [0.4, 0.5) is 9.59 Å². The molecule has 2 aliphatic heterocycles. The number of carbonyl (C=O) groups excluding carboxylic acids is 4. The van der Waals surface area contributed by atoms with Crippen molar-refractivity contribution in [1.29, 1.82) is 0 Å². The van der Waals surface area contributed by atoms with Crippen molar-refractivity contribution in [2.75, 3.05) is 26.4 Å². The first-order valence-electron chi connectivity index (χ1n) is 31.4. The van der Waals surface area contributed by atoms with Crippen molar-refractivity contribution in [3.8, 4) is 22.1 Å². The van der Waals surface area contributed by atoms with E-state index in [1.807, 2.05) is 135 Å². The van der Waals surface area contributed by atoms with Crippen LogP contribution in [0.25, 0.3) is 10.6 Å². The van der Waals surface area contributed by atoms with Gasteiger partial charge in [-0.2, -0.15) is 0 Å². The highest BCUT2D eigenvalue weighted by Gasteiger charge is 2.41. The normalized spacial score (nSPS) is 14.3. The molecule has 0 saturated carbocycles. The average molecular weight is 1450 g/mol. The molecule has 0 radical (unpaired) electrons. The molecule has 0 spiro atoms. The smallest absolute Gasteiger partial charge is 0.488 e. The Morgan fingerprint density at radius 2 is 0.990 bits per heavy atom. The minimum absolute atomic E-state index is 0. The average Bonchev–Trinajstić information content (AvgIpc) is 1.81. The van der Waals surface area contributed by atoms with Gasteiger partial charge in [0.15, 0.2) is 3.92 Å². The van der Waals surface area contributed by atoms with Gasteiger partial charge in [0.1, 0.15) is 55.5 Å². The number of amides is 4. The molecule has 2 fully saturated rings. The van der Waals surface area contributed by atoms with Gasteiger partial charge in [0.05, 0.1) is 44.6 Å². The van der Waals surface area contributed by atoms with Gasteiger partial charge in [-0.1, -0.05) is 166 Å². The number of benzene rings is 6. The summed E-state index contributed by atoms with van der Waals surface area (Å²) >= 11 is 6.55. The van der Waals surface area contributed by atoms with Gasteiger partial charge in [0.2, 0.25) is 11.8 Å². The largest absolute Gasteiger partial charge is 0.488 e. The number of aryl methyl sites for hydroxylation is 4. The lowest BCUT2D eigenvalue weighted by molar-refractivity contribution is -0.130. The molecular weight excluding hydrogens is 1360 g/mol. The Hall–Kier alpha value is -9.14. The van der Waals surface area contributed by atoms with Gasteiger partial charge in [0.25, 0.3) is 0 Å². The van der Waals surface area contributed by atoms with Crippen LogP contribution in [0.5, 0.6) is 11.5 Å². The van der Waals surface area contributed by atoms with E-state index in [-0.39, 0.29) is 85.4 Å². The zero-order valence-electron chi connectivity index (χ0n) is 52.9. The van der Waals surface area contributed by atoms with Crippen molar-refractivity contribution in [2.45, 2.75) is 125 Å². The van der Waals surface area contributed by atoms with Gasteiger partial charge in [-0.25, -0.2) is 29.4 Å². The molecule has 520 valence electrons. The molecule has 4 N–H and O–H groups in total. The standard InChI is InChI=1S/C36H35N3O6S.C27H24BrN3O5S.C9H13BO3.3CH4/c1-24-33(46-35(37-24)28-11-9-25(10-12-28)8-5-18-40)23-43-30-15-13-27(14-16-30)31(32-17-19-45-38-32)21-34(41)39-29(22-44-36(39)42)20-26-6-3-2-4-7-26;1-17-24(37-26(28)29-17)16-34-21-9-7-19(8-10-21)22(23-11-12-36-30-23)14-25(32)31-20(15-35-27(31)33)13-18-5-3-2-4-6-18;11-7-1-2-8-3-5-9(6-4-8)10(12)13;;;/h2-4,6-7,9-17,19,29,31,40H,5,8,18,20-23H2,1H3;2-12,20,22H,13-16H2,1H3;3-6,11-13H,1-2,7H2;3*1H4/t29-,31-;20-,22-;;;;/m00..../s1. The molecule has 2 saturated heterocycles. The molecule has 0 unspecified atom stereocenters. The number of aliphatic hydroxyl groups excluding tert-OH is 2. The number of hydrogen-bond donors (Lipinski definition) is 4. The predicted molar refractivity (Wildman–Crippen MR) is 386 cm³/mol. The van der Waals surface area contributed by atoms with Gasteiger partial charge in [-0.15, -0.1) is 22.7 Å². The van der Waals surface area contributed by atoms with Gasteiger partial charge < -0.3 is 48.3 Å². The SMILES string of the molecule is C.C.C.Cc1nc(-c2ccc(CCCO)cc2)sc1COc1ccc([C@H](CC(=O)N2C(=O)OC[C@@H]2Cc2ccccc2)c2ccon2)cc1.Cc1nc(Br)sc1COc1ccc([C@H](CC(=O)N2C(=O)OC[C@@H]2Cc2ccccc2)c2ccon2)cc1.OCCCc1ccc(B(O)O)cc1. The molecule has 0 bridgehead atoms. The summed E-state index contributed by atoms with van der Waals surface area (Å²) in [5, 5.41) is 44.4. The number of ether oxygens (including phenoxy) is 4. The van der Waals surface area contributed by atoms with E-state index in [4.69, 9.17) is 53.2 Å². The number of aliphatic hydroxyl groups is 2. The molecular formula is C75H84BBrN6O14S2. The van der Waals surface area contributed by atoms with Crippen LogP contribution in [-0.4, -0.2) is 120 Å². The number of nitrogens with zero attached hydrogens (tertiary/aromatic N) is 6. The predicted octanol–water partition coefficient (Wildman–Crippen LogP) is 13.8. The van der Waals surface area contributed by atoms with Crippen LogP contribution in [0, 0.1) is 13.8 Å².